The summed E-state index contributed by atoms with van der Waals surface area (Å²) in [5.74, 6) is -0.167. The number of carboxylic acid groups (broad SMARTS) is 1. The molecule has 0 spiro atoms. The molecule has 11 heavy (non-hydrogen) atoms. The van der Waals surface area contributed by atoms with E-state index >= 15 is 0 Å². The average molecular weight is 172 g/mol. The van der Waals surface area contributed by atoms with Crippen LogP contribution in [0, 0.1) is 0 Å². The summed E-state index contributed by atoms with van der Waals surface area (Å²) in [6.45, 7) is 0. The standard InChI is InChI=1S/C7H8O3S/c1-10-6-4-11-3-5(6)2-7(8)9/h3-4H,2H2,1H3,(H,8,9). The molecule has 0 atom stereocenters. The van der Waals surface area contributed by atoms with Crippen molar-refractivity contribution < 1.29 is 14.6 Å². The highest BCUT2D eigenvalue weighted by atomic mass is 32.1. The Hall–Kier alpha value is -1.03. The van der Waals surface area contributed by atoms with E-state index in [0.29, 0.717) is 5.75 Å². The highest BCUT2D eigenvalue weighted by Gasteiger charge is 2.07. The van der Waals surface area contributed by atoms with Crippen LogP contribution in [0.1, 0.15) is 5.56 Å². The van der Waals surface area contributed by atoms with Gasteiger partial charge in [-0.05, 0) is 5.38 Å². The first kappa shape index (κ1) is 8.07. The van der Waals surface area contributed by atoms with Gasteiger partial charge in [0.05, 0.1) is 13.5 Å². The zero-order valence-corrected chi connectivity index (χ0v) is 6.85. The molecule has 0 bridgehead atoms. The number of hydrogen-bond donors (Lipinski definition) is 1. The largest absolute Gasteiger partial charge is 0.496 e. The molecular weight excluding hydrogens is 164 g/mol. The summed E-state index contributed by atoms with van der Waals surface area (Å²) >= 11 is 1.44. The van der Waals surface area contributed by atoms with Crippen LogP contribution in [0.4, 0.5) is 0 Å². The molecule has 0 unspecified atom stereocenters. The molecule has 0 aliphatic heterocycles. The van der Waals surface area contributed by atoms with Gasteiger partial charge >= 0.3 is 5.97 Å². The van der Waals surface area contributed by atoms with Gasteiger partial charge in [-0.1, -0.05) is 0 Å². The van der Waals surface area contributed by atoms with E-state index in [9.17, 15) is 4.79 Å². The minimum Gasteiger partial charge on any atom is -0.496 e. The maximum absolute atomic E-state index is 10.3. The Morgan fingerprint density at radius 1 is 1.73 bits per heavy atom. The van der Waals surface area contributed by atoms with E-state index in [1.807, 2.05) is 0 Å². The Morgan fingerprint density at radius 2 is 2.45 bits per heavy atom. The van der Waals surface area contributed by atoms with Crippen LogP contribution in [-0.4, -0.2) is 18.2 Å². The lowest BCUT2D eigenvalue weighted by Gasteiger charge is -1.97. The Bertz CT molecular complexity index is 254. The third-order valence-electron chi connectivity index (χ3n) is 1.26. The minimum atomic E-state index is -0.832. The van der Waals surface area contributed by atoms with Crippen molar-refractivity contribution in [2.45, 2.75) is 6.42 Å². The fourth-order valence-corrected chi connectivity index (χ4v) is 1.59. The maximum Gasteiger partial charge on any atom is 0.307 e. The molecule has 0 saturated heterocycles. The molecule has 60 valence electrons. The van der Waals surface area contributed by atoms with E-state index in [1.165, 1.54) is 18.4 Å². The Morgan fingerprint density at radius 3 is 3.00 bits per heavy atom. The fraction of sp³-hybridized carbons (Fsp3) is 0.286. The van der Waals surface area contributed by atoms with Crippen LogP contribution in [0.3, 0.4) is 0 Å². The summed E-state index contributed by atoms with van der Waals surface area (Å²) in [4.78, 5) is 10.3. The lowest BCUT2D eigenvalue weighted by atomic mass is 10.2. The van der Waals surface area contributed by atoms with Gasteiger partial charge in [0, 0.05) is 10.9 Å². The first-order chi connectivity index (χ1) is 5.24. The zero-order chi connectivity index (χ0) is 8.27. The van der Waals surface area contributed by atoms with Crippen molar-refractivity contribution in [1.29, 1.82) is 0 Å². The van der Waals surface area contributed by atoms with Crippen LogP contribution in [-0.2, 0) is 11.2 Å². The summed E-state index contributed by atoms with van der Waals surface area (Å²) in [5, 5.41) is 12.0. The van der Waals surface area contributed by atoms with Gasteiger partial charge in [-0.25, -0.2) is 0 Å². The Labute approximate surface area is 68.2 Å². The van der Waals surface area contributed by atoms with E-state index in [4.69, 9.17) is 9.84 Å². The van der Waals surface area contributed by atoms with Gasteiger partial charge in [0.15, 0.2) is 0 Å². The topological polar surface area (TPSA) is 46.5 Å². The van der Waals surface area contributed by atoms with Gasteiger partial charge < -0.3 is 9.84 Å². The molecule has 3 nitrogen and oxygen atoms in total. The molecule has 0 aliphatic rings. The lowest BCUT2D eigenvalue weighted by Crippen LogP contribution is -1.99. The van der Waals surface area contributed by atoms with E-state index in [1.54, 1.807) is 10.8 Å². The smallest absolute Gasteiger partial charge is 0.307 e. The van der Waals surface area contributed by atoms with E-state index < -0.39 is 5.97 Å². The van der Waals surface area contributed by atoms with Crippen molar-refractivity contribution >= 4 is 17.3 Å². The molecule has 0 fully saturated rings. The summed E-state index contributed by atoms with van der Waals surface area (Å²) in [6, 6.07) is 0. The monoisotopic (exact) mass is 172 g/mol. The first-order valence-electron chi connectivity index (χ1n) is 3.05. The molecule has 1 aromatic rings. The number of aliphatic carboxylic acids is 1. The summed E-state index contributed by atoms with van der Waals surface area (Å²) in [6.07, 6.45) is 0.0344. The molecule has 0 aromatic carbocycles. The number of methoxy groups -OCH3 is 1. The van der Waals surface area contributed by atoms with Crippen LogP contribution in [0.2, 0.25) is 0 Å². The number of hydrogen-bond acceptors (Lipinski definition) is 3. The number of ether oxygens (including phenoxy) is 1. The third-order valence-corrected chi connectivity index (χ3v) is 2.03. The molecule has 1 rings (SSSR count). The average Bonchev–Trinajstić information content (AvgIpc) is 2.34. The molecule has 1 aromatic heterocycles. The molecule has 1 heterocycles. The number of carbonyl (C=O) groups is 1. The minimum absolute atomic E-state index is 0.0344. The van der Waals surface area contributed by atoms with Crippen molar-refractivity contribution in [3.8, 4) is 5.75 Å². The number of thiophene rings is 1. The van der Waals surface area contributed by atoms with E-state index in [0.717, 1.165) is 5.56 Å². The Kier molecular flexibility index (Phi) is 2.48. The van der Waals surface area contributed by atoms with E-state index in [-0.39, 0.29) is 6.42 Å². The maximum atomic E-state index is 10.3. The predicted molar refractivity (Wildman–Crippen MR) is 42.2 cm³/mol. The summed E-state index contributed by atoms with van der Waals surface area (Å²) in [5.41, 5.74) is 0.741. The molecule has 0 radical (unpaired) electrons. The van der Waals surface area contributed by atoms with Crippen LogP contribution < -0.4 is 4.74 Å². The van der Waals surface area contributed by atoms with Gasteiger partial charge in [-0.15, -0.1) is 11.3 Å². The zero-order valence-electron chi connectivity index (χ0n) is 6.03. The highest BCUT2D eigenvalue weighted by molar-refractivity contribution is 7.08. The highest BCUT2D eigenvalue weighted by Crippen LogP contribution is 2.23. The Balaban J connectivity index is 2.76. The molecule has 0 saturated carbocycles. The van der Waals surface area contributed by atoms with Crippen molar-refractivity contribution in [1.82, 2.24) is 0 Å². The third kappa shape index (κ3) is 1.94. The fourth-order valence-electron chi connectivity index (χ4n) is 0.783. The van der Waals surface area contributed by atoms with Gasteiger partial charge in [-0.3, -0.25) is 4.79 Å². The summed E-state index contributed by atoms with van der Waals surface area (Å²) < 4.78 is 4.93. The van der Waals surface area contributed by atoms with Crippen LogP contribution in [0.25, 0.3) is 0 Å². The van der Waals surface area contributed by atoms with Crippen LogP contribution >= 0.6 is 11.3 Å². The normalized spacial score (nSPS) is 9.55. The van der Waals surface area contributed by atoms with Gasteiger partial charge in [0.2, 0.25) is 0 Å². The second kappa shape index (κ2) is 3.39. The lowest BCUT2D eigenvalue weighted by molar-refractivity contribution is -0.136. The van der Waals surface area contributed by atoms with E-state index in [2.05, 4.69) is 0 Å². The van der Waals surface area contributed by atoms with Crippen LogP contribution in [0.15, 0.2) is 10.8 Å². The van der Waals surface area contributed by atoms with Gasteiger partial charge in [0.1, 0.15) is 5.75 Å². The molecule has 1 N–H and O–H groups in total. The first-order valence-corrected chi connectivity index (χ1v) is 3.99. The van der Waals surface area contributed by atoms with Crippen molar-refractivity contribution in [2.75, 3.05) is 7.11 Å². The van der Waals surface area contributed by atoms with Gasteiger partial charge in [-0.2, -0.15) is 0 Å². The number of carboxylic acids is 1. The molecule has 0 aliphatic carbocycles. The quantitative estimate of drug-likeness (QED) is 0.749. The van der Waals surface area contributed by atoms with Crippen molar-refractivity contribution in [3.05, 3.63) is 16.3 Å². The van der Waals surface area contributed by atoms with Crippen molar-refractivity contribution in [2.24, 2.45) is 0 Å². The second-order valence-corrected chi connectivity index (χ2v) is 2.78. The summed E-state index contributed by atoms with van der Waals surface area (Å²) in [7, 11) is 1.54. The molecule has 4 heteroatoms. The SMILES string of the molecule is COc1cscc1CC(=O)O. The van der Waals surface area contributed by atoms with Gasteiger partial charge in [0.25, 0.3) is 0 Å². The van der Waals surface area contributed by atoms with Crippen molar-refractivity contribution in [3.63, 3.8) is 0 Å². The molecular formula is C7H8O3S. The predicted octanol–water partition coefficient (Wildman–Crippen LogP) is 1.38. The second-order valence-electron chi connectivity index (χ2n) is 2.04. The number of rotatable bonds is 3. The van der Waals surface area contributed by atoms with Crippen LogP contribution in [0.5, 0.6) is 5.75 Å². The molecule has 0 amide bonds.